The van der Waals surface area contributed by atoms with Crippen molar-refractivity contribution >= 4 is 17.5 Å². The minimum atomic E-state index is -0.354. The summed E-state index contributed by atoms with van der Waals surface area (Å²) in [7, 11) is 0. The zero-order chi connectivity index (χ0) is 14.0. The lowest BCUT2D eigenvalue weighted by atomic mass is 9.85. The molecule has 4 heteroatoms. The van der Waals surface area contributed by atoms with Gasteiger partial charge in [0.05, 0.1) is 17.5 Å². The number of allylic oxidation sites excluding steroid dienone is 2. The third-order valence-corrected chi connectivity index (χ3v) is 4.87. The van der Waals surface area contributed by atoms with E-state index in [-0.39, 0.29) is 41.3 Å². The van der Waals surface area contributed by atoms with E-state index in [0.29, 0.717) is 11.3 Å². The molecule has 0 N–H and O–H groups in total. The van der Waals surface area contributed by atoms with Crippen LogP contribution in [0.15, 0.2) is 30.4 Å². The third kappa shape index (κ3) is 1.34. The van der Waals surface area contributed by atoms with Crippen molar-refractivity contribution in [1.29, 1.82) is 0 Å². The average Bonchev–Trinajstić information content (AvgIpc) is 3.06. The fraction of sp³-hybridized carbons (Fsp3) is 0.375. The Morgan fingerprint density at radius 2 is 1.70 bits per heavy atom. The maximum Gasteiger partial charge on any atom is 0.238 e. The van der Waals surface area contributed by atoms with Crippen molar-refractivity contribution in [3.63, 3.8) is 0 Å². The molecule has 1 heterocycles. The van der Waals surface area contributed by atoms with Crippen molar-refractivity contribution in [2.75, 3.05) is 4.90 Å². The second kappa shape index (κ2) is 3.78. The van der Waals surface area contributed by atoms with Crippen molar-refractivity contribution in [3.8, 4) is 0 Å². The van der Waals surface area contributed by atoms with Crippen LogP contribution in [0.4, 0.5) is 10.1 Å². The number of amides is 2. The molecule has 1 aromatic carbocycles. The highest BCUT2D eigenvalue weighted by molar-refractivity contribution is 6.23. The molecule has 3 aliphatic rings. The summed E-state index contributed by atoms with van der Waals surface area (Å²) in [5.41, 5.74) is 1.14. The van der Waals surface area contributed by atoms with Crippen LogP contribution in [0.2, 0.25) is 0 Å². The molecule has 0 aromatic heterocycles. The Hall–Kier alpha value is -1.97. The summed E-state index contributed by atoms with van der Waals surface area (Å²) in [6.07, 6.45) is 5.05. The molecule has 1 saturated heterocycles. The molecular weight excluding hydrogens is 257 g/mol. The lowest BCUT2D eigenvalue weighted by Gasteiger charge is -2.19. The summed E-state index contributed by atoms with van der Waals surface area (Å²) in [5.74, 6) is -0.603. The molecule has 1 aromatic rings. The van der Waals surface area contributed by atoms with Crippen LogP contribution < -0.4 is 4.90 Å². The molecule has 102 valence electrons. The van der Waals surface area contributed by atoms with Crippen LogP contribution in [0, 0.1) is 36.4 Å². The quantitative estimate of drug-likeness (QED) is 0.581. The van der Waals surface area contributed by atoms with E-state index < -0.39 is 0 Å². The van der Waals surface area contributed by atoms with Crippen molar-refractivity contribution in [2.24, 2.45) is 23.7 Å². The van der Waals surface area contributed by atoms with Gasteiger partial charge in [-0.25, -0.2) is 9.29 Å². The van der Waals surface area contributed by atoms with E-state index in [1.165, 1.54) is 23.1 Å². The van der Waals surface area contributed by atoms with Gasteiger partial charge in [-0.2, -0.15) is 0 Å². The van der Waals surface area contributed by atoms with Crippen molar-refractivity contribution < 1.29 is 14.0 Å². The van der Waals surface area contributed by atoms with E-state index >= 15 is 0 Å². The molecule has 3 nitrogen and oxygen atoms in total. The van der Waals surface area contributed by atoms with Crippen LogP contribution in [-0.2, 0) is 9.59 Å². The molecule has 0 radical (unpaired) electrons. The van der Waals surface area contributed by atoms with Gasteiger partial charge >= 0.3 is 0 Å². The van der Waals surface area contributed by atoms with E-state index in [1.807, 2.05) is 0 Å². The van der Waals surface area contributed by atoms with Crippen LogP contribution in [0.3, 0.4) is 0 Å². The maximum absolute atomic E-state index is 13.2. The first-order valence-electron chi connectivity index (χ1n) is 6.90. The molecule has 2 fully saturated rings. The van der Waals surface area contributed by atoms with E-state index in [2.05, 4.69) is 12.2 Å². The summed E-state index contributed by atoms with van der Waals surface area (Å²) in [6, 6.07) is 4.18. The molecule has 2 aliphatic carbocycles. The van der Waals surface area contributed by atoms with Gasteiger partial charge in [0.1, 0.15) is 5.82 Å². The van der Waals surface area contributed by atoms with E-state index in [9.17, 15) is 14.0 Å². The van der Waals surface area contributed by atoms with Gasteiger partial charge in [-0.15, -0.1) is 0 Å². The number of nitrogens with zero attached hydrogens (tertiary/aromatic N) is 1. The number of imide groups is 1. The normalized spacial score (nSPS) is 34.2. The molecule has 0 spiro atoms. The van der Waals surface area contributed by atoms with Crippen molar-refractivity contribution in [3.05, 3.63) is 41.7 Å². The first kappa shape index (κ1) is 11.8. The summed E-state index contributed by atoms with van der Waals surface area (Å²) < 4.78 is 13.2. The Labute approximate surface area is 116 Å². The molecule has 1 aliphatic heterocycles. The Balaban J connectivity index is 1.78. The summed E-state index contributed by atoms with van der Waals surface area (Å²) in [5, 5.41) is 0. The largest absolute Gasteiger partial charge is 0.274 e. The Morgan fingerprint density at radius 3 is 2.25 bits per heavy atom. The standard InChI is InChI=1S/C16H14FNO2/c1-8-6-11(17)4-5-12(8)18-15(19)13-9-2-3-10(7-9)14(13)16(18)20/h2-6,9-10,13-14H,7H2,1H3/t9-,10-,13-,14+/m0/s1. The Bertz CT molecular complexity index is 636. The number of fused-ring (bicyclic) bond motifs is 5. The van der Waals surface area contributed by atoms with E-state index in [0.717, 1.165) is 6.42 Å². The maximum atomic E-state index is 13.2. The van der Waals surface area contributed by atoms with Crippen LogP contribution in [0.1, 0.15) is 12.0 Å². The van der Waals surface area contributed by atoms with Crippen LogP contribution in [0.25, 0.3) is 0 Å². The summed E-state index contributed by atoms with van der Waals surface area (Å²) in [4.78, 5) is 26.5. The predicted molar refractivity (Wildman–Crippen MR) is 71.3 cm³/mol. The number of anilines is 1. The van der Waals surface area contributed by atoms with Gasteiger partial charge in [-0.3, -0.25) is 9.59 Å². The van der Waals surface area contributed by atoms with Crippen LogP contribution >= 0.6 is 0 Å². The lowest BCUT2D eigenvalue weighted by Crippen LogP contribution is -2.33. The minimum Gasteiger partial charge on any atom is -0.274 e. The molecule has 0 unspecified atom stereocenters. The Morgan fingerprint density at radius 1 is 1.10 bits per heavy atom. The number of halogens is 1. The van der Waals surface area contributed by atoms with Crippen LogP contribution in [0.5, 0.6) is 0 Å². The monoisotopic (exact) mass is 271 g/mol. The van der Waals surface area contributed by atoms with Gasteiger partial charge < -0.3 is 0 Å². The number of rotatable bonds is 1. The highest BCUT2D eigenvalue weighted by Gasteiger charge is 2.59. The number of benzene rings is 1. The highest BCUT2D eigenvalue weighted by Crippen LogP contribution is 2.53. The van der Waals surface area contributed by atoms with Gasteiger partial charge in [-0.1, -0.05) is 12.2 Å². The topological polar surface area (TPSA) is 37.4 Å². The molecule has 1 saturated carbocycles. The Kier molecular flexibility index (Phi) is 2.23. The third-order valence-electron chi connectivity index (χ3n) is 4.87. The first-order chi connectivity index (χ1) is 9.58. The van der Waals surface area contributed by atoms with Crippen molar-refractivity contribution in [2.45, 2.75) is 13.3 Å². The SMILES string of the molecule is Cc1cc(F)ccc1N1C(=O)[C@@H]2[C@H](C1=O)[C@H]1C=C[C@H]2C1. The molecular formula is C16H14FNO2. The van der Waals surface area contributed by atoms with Gasteiger partial charge in [0.2, 0.25) is 11.8 Å². The smallest absolute Gasteiger partial charge is 0.238 e. The van der Waals surface area contributed by atoms with E-state index in [1.54, 1.807) is 6.92 Å². The van der Waals surface area contributed by atoms with Crippen LogP contribution in [-0.4, -0.2) is 11.8 Å². The second-order valence-electron chi connectivity index (χ2n) is 5.94. The number of carbonyl (C=O) groups excluding carboxylic acids is 2. The zero-order valence-electron chi connectivity index (χ0n) is 11.0. The molecule has 4 rings (SSSR count). The van der Waals surface area contributed by atoms with E-state index in [4.69, 9.17) is 0 Å². The second-order valence-corrected chi connectivity index (χ2v) is 5.94. The lowest BCUT2D eigenvalue weighted by molar-refractivity contribution is -0.123. The predicted octanol–water partition coefficient (Wildman–Crippen LogP) is 2.45. The van der Waals surface area contributed by atoms with Gasteiger partial charge in [-0.05, 0) is 48.9 Å². The molecule has 2 amide bonds. The fourth-order valence-corrected chi connectivity index (χ4v) is 4.01. The number of hydrogen-bond donors (Lipinski definition) is 0. The molecule has 2 bridgehead atoms. The van der Waals surface area contributed by atoms with Gasteiger partial charge in [0, 0.05) is 0 Å². The number of hydrogen-bond acceptors (Lipinski definition) is 2. The number of carbonyl (C=O) groups is 2. The number of aryl methyl sites for hydroxylation is 1. The van der Waals surface area contributed by atoms with Gasteiger partial charge in [0.15, 0.2) is 0 Å². The summed E-state index contributed by atoms with van der Waals surface area (Å²) >= 11 is 0. The fourth-order valence-electron chi connectivity index (χ4n) is 4.01. The minimum absolute atomic E-state index is 0.119. The summed E-state index contributed by atoms with van der Waals surface area (Å²) in [6.45, 7) is 1.72. The highest BCUT2D eigenvalue weighted by atomic mass is 19.1. The van der Waals surface area contributed by atoms with Gasteiger partial charge in [0.25, 0.3) is 0 Å². The molecule has 20 heavy (non-hydrogen) atoms. The van der Waals surface area contributed by atoms with Crippen molar-refractivity contribution in [1.82, 2.24) is 0 Å². The zero-order valence-corrected chi connectivity index (χ0v) is 11.0. The molecule has 4 atom stereocenters. The average molecular weight is 271 g/mol. The first-order valence-corrected chi connectivity index (χ1v) is 6.90.